The number of para-hydroxylation sites is 1. The van der Waals surface area contributed by atoms with E-state index in [0.29, 0.717) is 5.70 Å². The summed E-state index contributed by atoms with van der Waals surface area (Å²) in [6.07, 6.45) is 2.03. The molecule has 0 spiro atoms. The molecule has 1 aromatic rings. The summed E-state index contributed by atoms with van der Waals surface area (Å²) in [5.74, 6) is -0.158. The Bertz CT molecular complexity index is 651. The summed E-state index contributed by atoms with van der Waals surface area (Å²) in [7, 11) is 0. The van der Waals surface area contributed by atoms with Crippen molar-refractivity contribution in [1.82, 2.24) is 0 Å². The van der Waals surface area contributed by atoms with Crippen molar-refractivity contribution in [3.05, 3.63) is 47.7 Å². The summed E-state index contributed by atoms with van der Waals surface area (Å²) in [5, 5.41) is 20.5. The van der Waals surface area contributed by atoms with Gasteiger partial charge in [0.15, 0.2) is 12.0 Å². The lowest BCUT2D eigenvalue weighted by Gasteiger charge is -2.36. The van der Waals surface area contributed by atoms with E-state index in [2.05, 4.69) is 0 Å². The zero-order chi connectivity index (χ0) is 13.9. The number of aliphatic hydroxyl groups excluding tert-OH is 2. The topological polar surface area (TPSA) is 73.3 Å². The number of carbonyl (C=O) groups is 1. The van der Waals surface area contributed by atoms with E-state index in [4.69, 9.17) is 4.74 Å². The molecular weight excluding hydrogens is 258 g/mol. The van der Waals surface area contributed by atoms with Gasteiger partial charge >= 0.3 is 0 Å². The van der Waals surface area contributed by atoms with Crippen LogP contribution in [0.2, 0.25) is 0 Å². The number of anilines is 1. The summed E-state index contributed by atoms with van der Waals surface area (Å²) in [6, 6.07) is 7.51. The first-order valence-electron chi connectivity index (χ1n) is 6.50. The molecule has 1 saturated heterocycles. The fourth-order valence-electron chi connectivity index (χ4n) is 2.84. The van der Waals surface area contributed by atoms with Crippen LogP contribution in [0.3, 0.4) is 0 Å². The number of epoxide rings is 1. The maximum Gasteiger partial charge on any atom is 0.189 e. The number of ketones is 1. The number of carbonyl (C=O) groups excluding carboxylic acids is 1. The number of fused-ring (bicyclic) bond motifs is 2. The highest BCUT2D eigenvalue weighted by atomic mass is 16.6. The van der Waals surface area contributed by atoms with Gasteiger partial charge in [0.2, 0.25) is 0 Å². The van der Waals surface area contributed by atoms with Crippen LogP contribution in [0.5, 0.6) is 0 Å². The van der Waals surface area contributed by atoms with Gasteiger partial charge in [-0.2, -0.15) is 0 Å². The van der Waals surface area contributed by atoms with Gasteiger partial charge in [0, 0.05) is 6.08 Å². The maximum absolute atomic E-state index is 11.8. The monoisotopic (exact) mass is 271 g/mol. The molecule has 5 heteroatoms. The number of aliphatic hydroxyl groups is 2. The van der Waals surface area contributed by atoms with Gasteiger partial charge in [-0.05, 0) is 17.7 Å². The molecule has 2 N–H and O–H groups in total. The van der Waals surface area contributed by atoms with Crippen molar-refractivity contribution in [1.29, 1.82) is 0 Å². The van der Waals surface area contributed by atoms with Crippen molar-refractivity contribution in [2.24, 2.45) is 0 Å². The lowest BCUT2D eigenvalue weighted by molar-refractivity contribution is -0.116. The number of hydrogen-bond acceptors (Lipinski definition) is 5. The molecule has 0 amide bonds. The van der Waals surface area contributed by atoms with Crippen molar-refractivity contribution >= 4 is 17.5 Å². The molecule has 102 valence electrons. The molecule has 1 fully saturated rings. The molecule has 20 heavy (non-hydrogen) atoms. The molecule has 4 rings (SSSR count). The molecule has 0 aromatic heterocycles. The number of hydrogen-bond donors (Lipinski definition) is 2. The van der Waals surface area contributed by atoms with E-state index in [-0.39, 0.29) is 5.78 Å². The van der Waals surface area contributed by atoms with Crippen molar-refractivity contribution < 1.29 is 19.7 Å². The molecule has 1 aromatic carbocycles. The van der Waals surface area contributed by atoms with Crippen LogP contribution < -0.4 is 4.90 Å². The molecule has 2 aliphatic heterocycles. The van der Waals surface area contributed by atoms with Gasteiger partial charge in [0.25, 0.3) is 0 Å². The van der Waals surface area contributed by atoms with Gasteiger partial charge in [0.1, 0.15) is 18.3 Å². The Morgan fingerprint density at radius 2 is 2.00 bits per heavy atom. The lowest BCUT2D eigenvalue weighted by atomic mass is 9.97. The molecule has 0 radical (unpaired) electrons. The summed E-state index contributed by atoms with van der Waals surface area (Å²) in [6.45, 7) is 0. The second-order valence-corrected chi connectivity index (χ2v) is 5.14. The molecule has 0 bridgehead atoms. The lowest BCUT2D eigenvalue weighted by Crippen LogP contribution is -2.43. The molecule has 4 unspecified atom stereocenters. The molecule has 4 atom stereocenters. The molecule has 3 aliphatic rings. The first-order valence-corrected chi connectivity index (χ1v) is 6.50. The van der Waals surface area contributed by atoms with Crippen LogP contribution in [0.1, 0.15) is 5.56 Å². The van der Waals surface area contributed by atoms with E-state index in [9.17, 15) is 15.0 Å². The minimum Gasteiger partial charge on any atom is -0.384 e. The zero-order valence-corrected chi connectivity index (χ0v) is 10.5. The molecule has 5 nitrogen and oxygen atoms in total. The smallest absolute Gasteiger partial charge is 0.189 e. The van der Waals surface area contributed by atoms with Gasteiger partial charge in [-0.1, -0.05) is 24.3 Å². The van der Waals surface area contributed by atoms with Crippen LogP contribution in [0, 0.1) is 0 Å². The van der Waals surface area contributed by atoms with Gasteiger partial charge in [-0.15, -0.1) is 0 Å². The number of ether oxygens (including phenoxy) is 1. The first-order chi connectivity index (χ1) is 9.66. The molecule has 1 aliphatic carbocycles. The second kappa shape index (κ2) is 4.02. The number of rotatable bonds is 1. The van der Waals surface area contributed by atoms with Crippen LogP contribution in [0.4, 0.5) is 5.69 Å². The second-order valence-electron chi connectivity index (χ2n) is 5.14. The fraction of sp³-hybridized carbons (Fsp3) is 0.267. The number of benzene rings is 1. The van der Waals surface area contributed by atoms with Crippen LogP contribution >= 0.6 is 0 Å². The van der Waals surface area contributed by atoms with Gasteiger partial charge in [-0.3, -0.25) is 4.79 Å². The van der Waals surface area contributed by atoms with Crippen molar-refractivity contribution in [2.45, 2.75) is 24.5 Å². The average molecular weight is 271 g/mol. The highest BCUT2D eigenvalue weighted by Crippen LogP contribution is 2.40. The number of nitrogens with zero attached hydrogens (tertiary/aromatic N) is 1. The predicted molar refractivity (Wildman–Crippen MR) is 71.7 cm³/mol. The van der Waals surface area contributed by atoms with Crippen molar-refractivity contribution in [3.63, 3.8) is 0 Å². The maximum atomic E-state index is 11.8. The highest BCUT2D eigenvalue weighted by molar-refractivity contribution is 5.99. The zero-order valence-electron chi connectivity index (χ0n) is 10.5. The minimum absolute atomic E-state index is 0.158. The molecular formula is C15H13NO4. The third-order valence-corrected chi connectivity index (χ3v) is 3.90. The Kier molecular flexibility index (Phi) is 2.38. The van der Waals surface area contributed by atoms with Crippen LogP contribution in [0.25, 0.3) is 6.08 Å². The Morgan fingerprint density at radius 1 is 1.20 bits per heavy atom. The fourth-order valence-corrected chi connectivity index (χ4v) is 2.84. The van der Waals surface area contributed by atoms with E-state index in [0.717, 1.165) is 11.3 Å². The first kappa shape index (κ1) is 11.8. The van der Waals surface area contributed by atoms with Crippen LogP contribution in [-0.4, -0.2) is 40.5 Å². The summed E-state index contributed by atoms with van der Waals surface area (Å²) < 4.78 is 5.17. The summed E-state index contributed by atoms with van der Waals surface area (Å²) >= 11 is 0. The minimum atomic E-state index is -0.908. The highest BCUT2D eigenvalue weighted by Gasteiger charge is 2.54. The van der Waals surface area contributed by atoms with E-state index >= 15 is 0 Å². The van der Waals surface area contributed by atoms with E-state index in [1.807, 2.05) is 30.3 Å². The largest absolute Gasteiger partial charge is 0.384 e. The average Bonchev–Trinajstić information content (AvgIpc) is 3.24. The third kappa shape index (κ3) is 1.57. The van der Waals surface area contributed by atoms with Crippen molar-refractivity contribution in [3.8, 4) is 0 Å². The van der Waals surface area contributed by atoms with Gasteiger partial charge in [0.05, 0.1) is 11.4 Å². The summed E-state index contributed by atoms with van der Waals surface area (Å²) in [4.78, 5) is 13.4. The van der Waals surface area contributed by atoms with E-state index in [1.165, 1.54) is 6.08 Å². The Balaban J connectivity index is 1.81. The van der Waals surface area contributed by atoms with E-state index in [1.54, 1.807) is 11.0 Å². The van der Waals surface area contributed by atoms with Gasteiger partial charge < -0.3 is 19.8 Å². The van der Waals surface area contributed by atoms with Crippen LogP contribution in [-0.2, 0) is 9.53 Å². The Morgan fingerprint density at radius 3 is 2.85 bits per heavy atom. The normalized spacial score (nSPS) is 34.4. The Hall–Kier alpha value is -1.95. The van der Waals surface area contributed by atoms with Crippen molar-refractivity contribution in [2.75, 3.05) is 4.90 Å². The molecule has 2 heterocycles. The van der Waals surface area contributed by atoms with Gasteiger partial charge in [-0.25, -0.2) is 0 Å². The van der Waals surface area contributed by atoms with E-state index < -0.39 is 24.5 Å². The van der Waals surface area contributed by atoms with Crippen LogP contribution in [0.15, 0.2) is 42.1 Å². The predicted octanol–water partition coefficient (Wildman–Crippen LogP) is 0.433. The molecule has 0 saturated carbocycles. The quantitative estimate of drug-likeness (QED) is 0.725. The summed E-state index contributed by atoms with van der Waals surface area (Å²) in [5.41, 5.74) is 2.08. The third-order valence-electron chi connectivity index (χ3n) is 3.90. The standard InChI is InChI=1S/C15H13NO4/c17-11-7-10(13(19)15-14(11)20-15)16-9-4-2-1-3-8(9)5-6-12(16)18/h1-7,12-15,18-19H. The SMILES string of the molecule is O=C1C=C(N2c3ccccc3C=CC2O)C(O)C2OC12. The Labute approximate surface area is 115 Å².